The molecule has 0 spiro atoms. The molecule has 3 heterocycles. The second kappa shape index (κ2) is 11.3. The number of Topliss-reactive ketones (excluding diaryl/α,β-unsaturated/α-hetero) is 1. The molecule has 0 aliphatic carbocycles. The Balaban J connectivity index is 1.38. The zero-order valence-corrected chi connectivity index (χ0v) is 21.3. The Kier molecular flexibility index (Phi) is 8.10. The molecular weight excluding hydrogens is 552 g/mol. The quantitative estimate of drug-likeness (QED) is 0.168. The second-order valence-corrected chi connectivity index (χ2v) is 10.1. The summed E-state index contributed by atoms with van der Waals surface area (Å²) in [6, 6.07) is 7.57. The molecule has 10 unspecified atom stereocenters. The Bertz CT molecular complexity index is 1250. The lowest BCUT2D eigenvalue weighted by molar-refractivity contribution is -0.319. The van der Waals surface area contributed by atoms with Crippen LogP contribution in [-0.4, -0.2) is 126 Å². The highest BCUT2D eigenvalue weighted by atomic mass is 16.7. The number of carbonyl (C=O) groups excluding carboxylic acids is 1. The maximum absolute atomic E-state index is 13.6. The predicted molar refractivity (Wildman–Crippen MR) is 131 cm³/mol. The first kappa shape index (κ1) is 29.4. The van der Waals surface area contributed by atoms with Crippen LogP contribution in [0.5, 0.6) is 23.0 Å². The summed E-state index contributed by atoms with van der Waals surface area (Å²) < 4.78 is 27.9. The van der Waals surface area contributed by atoms with Crippen molar-refractivity contribution >= 4 is 5.78 Å². The van der Waals surface area contributed by atoms with Gasteiger partial charge in [0.15, 0.2) is 24.8 Å². The van der Waals surface area contributed by atoms with Gasteiger partial charge in [0, 0.05) is 12.1 Å². The highest BCUT2D eigenvalue weighted by Gasteiger charge is 2.51. The third-order valence-corrected chi connectivity index (χ3v) is 7.28. The van der Waals surface area contributed by atoms with Crippen LogP contribution in [0.3, 0.4) is 0 Å². The van der Waals surface area contributed by atoms with E-state index in [-0.39, 0.29) is 22.8 Å². The van der Waals surface area contributed by atoms with Gasteiger partial charge in [0.1, 0.15) is 64.7 Å². The first-order chi connectivity index (χ1) is 19.4. The predicted octanol–water partition coefficient (Wildman–Crippen LogP) is -2.23. The number of benzene rings is 2. The highest BCUT2D eigenvalue weighted by molar-refractivity contribution is 6.05. The molecule has 2 aromatic carbocycles. The summed E-state index contributed by atoms with van der Waals surface area (Å²) in [5.41, 5.74) is -1.97. The first-order valence-electron chi connectivity index (χ1n) is 12.6. The number of aliphatic hydroxyl groups excluding tert-OH is 5. The summed E-state index contributed by atoms with van der Waals surface area (Å²) in [6.07, 6.45) is -14.5. The molecular formula is C26H30O15. The fourth-order valence-corrected chi connectivity index (χ4v) is 4.88. The number of hydrogen-bond acceptors (Lipinski definition) is 15. The smallest absolute Gasteiger partial charge is 0.203 e. The molecule has 0 radical (unpaired) electrons. The molecule has 2 fully saturated rings. The van der Waals surface area contributed by atoms with Crippen LogP contribution in [0.25, 0.3) is 0 Å². The number of ether oxygens (including phenoxy) is 5. The van der Waals surface area contributed by atoms with Gasteiger partial charge in [0.05, 0.1) is 19.8 Å². The molecule has 5 rings (SSSR count). The summed E-state index contributed by atoms with van der Waals surface area (Å²) in [6.45, 7) is -1.80. The Hall–Kier alpha value is -3.09. The Labute approximate surface area is 231 Å². The van der Waals surface area contributed by atoms with E-state index in [1.165, 1.54) is 24.3 Å². The maximum Gasteiger partial charge on any atom is 0.203 e. The van der Waals surface area contributed by atoms with E-state index in [2.05, 4.69) is 0 Å². The van der Waals surface area contributed by atoms with Crippen molar-refractivity contribution in [1.29, 1.82) is 0 Å². The van der Waals surface area contributed by atoms with Gasteiger partial charge < -0.3 is 69.6 Å². The maximum atomic E-state index is 13.6. The second-order valence-electron chi connectivity index (χ2n) is 10.1. The minimum Gasteiger partial charge on any atom is -0.508 e. The van der Waals surface area contributed by atoms with E-state index in [9.17, 15) is 50.8 Å². The summed E-state index contributed by atoms with van der Waals surface area (Å²) in [7, 11) is 0. The summed E-state index contributed by atoms with van der Waals surface area (Å²) >= 11 is 0. The van der Waals surface area contributed by atoms with Crippen molar-refractivity contribution in [2.75, 3.05) is 19.8 Å². The van der Waals surface area contributed by atoms with Gasteiger partial charge in [-0.3, -0.25) is 4.79 Å². The van der Waals surface area contributed by atoms with Crippen molar-refractivity contribution < 1.29 is 74.4 Å². The zero-order valence-electron chi connectivity index (χ0n) is 21.3. The van der Waals surface area contributed by atoms with Crippen molar-refractivity contribution in [1.82, 2.24) is 0 Å². The molecule has 41 heavy (non-hydrogen) atoms. The molecule has 0 aromatic heterocycles. The number of rotatable bonds is 7. The Morgan fingerprint density at radius 3 is 2.29 bits per heavy atom. The van der Waals surface area contributed by atoms with Crippen LogP contribution in [0.4, 0.5) is 0 Å². The molecule has 0 saturated carbocycles. The SMILES string of the molecule is O=C1c2c(O)cc(O)cc2OC(c2ccc(O)cc2)C1OC1OC(COC2OCC(O)(CO)C2O)C(O)C(O)C1O. The number of phenols is 3. The monoisotopic (exact) mass is 582 g/mol. The molecule has 10 atom stereocenters. The van der Waals surface area contributed by atoms with E-state index in [1.54, 1.807) is 0 Å². The highest BCUT2D eigenvalue weighted by Crippen LogP contribution is 2.44. The molecule has 0 bridgehead atoms. The average molecular weight is 583 g/mol. The summed E-state index contributed by atoms with van der Waals surface area (Å²) in [5, 5.41) is 91.2. The van der Waals surface area contributed by atoms with Crippen molar-refractivity contribution in [3.05, 3.63) is 47.5 Å². The zero-order chi connectivity index (χ0) is 29.6. The fourth-order valence-electron chi connectivity index (χ4n) is 4.88. The van der Waals surface area contributed by atoms with Crippen molar-refractivity contribution in [3.63, 3.8) is 0 Å². The largest absolute Gasteiger partial charge is 0.508 e. The van der Waals surface area contributed by atoms with Gasteiger partial charge in [-0.05, 0) is 17.7 Å². The van der Waals surface area contributed by atoms with Crippen molar-refractivity contribution in [2.24, 2.45) is 0 Å². The van der Waals surface area contributed by atoms with E-state index in [4.69, 9.17) is 23.7 Å². The van der Waals surface area contributed by atoms with Gasteiger partial charge in [0.25, 0.3) is 0 Å². The molecule has 0 amide bonds. The number of aliphatic hydroxyl groups is 6. The van der Waals surface area contributed by atoms with Gasteiger partial charge in [-0.1, -0.05) is 12.1 Å². The molecule has 2 aromatic rings. The Morgan fingerprint density at radius 2 is 1.63 bits per heavy atom. The third kappa shape index (κ3) is 5.44. The van der Waals surface area contributed by atoms with Gasteiger partial charge >= 0.3 is 0 Å². The first-order valence-corrected chi connectivity index (χ1v) is 12.6. The van der Waals surface area contributed by atoms with Gasteiger partial charge in [-0.25, -0.2) is 0 Å². The molecule has 3 aliphatic rings. The van der Waals surface area contributed by atoms with Gasteiger partial charge in [-0.2, -0.15) is 0 Å². The average Bonchev–Trinajstić information content (AvgIpc) is 3.23. The lowest BCUT2D eigenvalue weighted by Gasteiger charge is -2.43. The van der Waals surface area contributed by atoms with Crippen LogP contribution in [0, 0.1) is 0 Å². The molecule has 9 N–H and O–H groups in total. The lowest BCUT2D eigenvalue weighted by atomic mass is 9.92. The Morgan fingerprint density at radius 1 is 0.927 bits per heavy atom. The molecule has 2 saturated heterocycles. The van der Waals surface area contributed by atoms with Crippen molar-refractivity contribution in [3.8, 4) is 23.0 Å². The normalized spacial score (nSPS) is 37.0. The molecule has 15 nitrogen and oxygen atoms in total. The van der Waals surface area contributed by atoms with Crippen LogP contribution in [-0.2, 0) is 18.9 Å². The third-order valence-electron chi connectivity index (χ3n) is 7.28. The van der Waals surface area contributed by atoms with E-state index in [0.29, 0.717) is 5.56 Å². The van der Waals surface area contributed by atoms with Gasteiger partial charge in [-0.15, -0.1) is 0 Å². The number of carbonyl (C=O) groups is 1. The minimum atomic E-state index is -1.97. The van der Waals surface area contributed by atoms with Crippen LogP contribution in [0.15, 0.2) is 36.4 Å². The van der Waals surface area contributed by atoms with E-state index in [0.717, 1.165) is 12.1 Å². The van der Waals surface area contributed by atoms with Crippen LogP contribution in [0.2, 0.25) is 0 Å². The summed E-state index contributed by atoms with van der Waals surface area (Å²) in [4.78, 5) is 13.6. The lowest BCUT2D eigenvalue weighted by Crippen LogP contribution is -2.61. The number of fused-ring (bicyclic) bond motifs is 1. The minimum absolute atomic E-state index is 0.0798. The van der Waals surface area contributed by atoms with Crippen LogP contribution < -0.4 is 4.74 Å². The van der Waals surface area contributed by atoms with Gasteiger partial charge in [0.2, 0.25) is 5.78 Å². The number of phenolic OH excluding ortho intramolecular Hbond substituents is 3. The molecule has 224 valence electrons. The van der Waals surface area contributed by atoms with E-state index >= 15 is 0 Å². The van der Waals surface area contributed by atoms with Crippen LogP contribution >= 0.6 is 0 Å². The van der Waals surface area contributed by atoms with Crippen LogP contribution in [0.1, 0.15) is 22.0 Å². The topological polar surface area (TPSA) is 245 Å². The number of aromatic hydroxyl groups is 3. The molecule has 3 aliphatic heterocycles. The van der Waals surface area contributed by atoms with E-state index < -0.39 is 92.3 Å². The fraction of sp³-hybridized carbons (Fsp3) is 0.500. The van der Waals surface area contributed by atoms with E-state index in [1.807, 2.05) is 0 Å². The standard InChI is InChI=1S/C26H30O15/c27-8-26(36)9-38-25(23(26)35)37-7-15-17(31)19(33)20(34)24(40-15)41-22-18(32)16-13(30)5-12(29)6-14(16)39-21(22)10-1-3-11(28)4-2-10/h1-6,15,17,19-25,27-31,33-36H,7-9H2. The number of ketones is 1. The number of hydrogen-bond donors (Lipinski definition) is 9. The summed E-state index contributed by atoms with van der Waals surface area (Å²) in [5.74, 6) is -2.04. The molecule has 15 heteroatoms. The van der Waals surface area contributed by atoms with Crippen molar-refractivity contribution in [2.45, 2.75) is 60.9 Å².